The van der Waals surface area contributed by atoms with E-state index in [-0.39, 0.29) is 31.8 Å². The van der Waals surface area contributed by atoms with Gasteiger partial charge in [0.05, 0.1) is 6.61 Å². The Kier molecular flexibility index (Phi) is 6.34. The molecule has 0 unspecified atom stereocenters. The number of carboxylic acid groups (broad SMARTS) is 1. The van der Waals surface area contributed by atoms with Crippen molar-refractivity contribution in [3.8, 4) is 0 Å². The average Bonchev–Trinajstić information content (AvgIpc) is 2.13. The van der Waals surface area contributed by atoms with Crippen molar-refractivity contribution in [2.75, 3.05) is 19.8 Å². The van der Waals surface area contributed by atoms with Gasteiger partial charge >= 0.3 is 11.9 Å². The predicted molar refractivity (Wildman–Crippen MR) is 45.5 cm³/mol. The number of hydrogen-bond acceptors (Lipinski definition) is 5. The second kappa shape index (κ2) is 7.05. The lowest BCUT2D eigenvalue weighted by molar-refractivity contribution is -0.141. The lowest BCUT2D eigenvalue weighted by atomic mass is 10.2. The Bertz CT molecular complexity index is 232. The molecule has 0 rings (SSSR count). The minimum absolute atomic E-state index is 0.0867. The Morgan fingerprint density at radius 1 is 1.21 bits per heavy atom. The molecular formula is C8H12O6. The van der Waals surface area contributed by atoms with Gasteiger partial charge in [-0.1, -0.05) is 0 Å². The van der Waals surface area contributed by atoms with Crippen molar-refractivity contribution in [3.63, 3.8) is 0 Å². The van der Waals surface area contributed by atoms with E-state index in [1.165, 1.54) is 0 Å². The molecule has 0 bridgehead atoms. The van der Waals surface area contributed by atoms with Crippen LogP contribution in [0.25, 0.3) is 0 Å². The van der Waals surface area contributed by atoms with Gasteiger partial charge in [-0.05, 0) is 0 Å². The van der Waals surface area contributed by atoms with Crippen LogP contribution in [-0.2, 0) is 14.3 Å². The van der Waals surface area contributed by atoms with E-state index in [4.69, 9.17) is 15.3 Å². The SMILES string of the molecule is O=C(O)C=C(CCO)C(=O)OCCO. The van der Waals surface area contributed by atoms with Gasteiger partial charge in [0.2, 0.25) is 0 Å². The van der Waals surface area contributed by atoms with Gasteiger partial charge in [0, 0.05) is 24.7 Å². The Morgan fingerprint density at radius 3 is 2.29 bits per heavy atom. The Morgan fingerprint density at radius 2 is 1.86 bits per heavy atom. The van der Waals surface area contributed by atoms with Gasteiger partial charge in [-0.3, -0.25) is 0 Å². The summed E-state index contributed by atoms with van der Waals surface area (Å²) in [4.78, 5) is 21.3. The van der Waals surface area contributed by atoms with Crippen molar-refractivity contribution in [2.24, 2.45) is 0 Å². The van der Waals surface area contributed by atoms with E-state index in [9.17, 15) is 9.59 Å². The van der Waals surface area contributed by atoms with E-state index in [1.54, 1.807) is 0 Å². The Labute approximate surface area is 80.4 Å². The maximum Gasteiger partial charge on any atom is 0.334 e. The molecule has 0 aromatic heterocycles. The number of aliphatic hydroxyl groups excluding tert-OH is 2. The molecule has 3 N–H and O–H groups in total. The summed E-state index contributed by atoms with van der Waals surface area (Å²) in [5.74, 6) is -2.12. The van der Waals surface area contributed by atoms with E-state index >= 15 is 0 Å². The number of aliphatic hydroxyl groups is 2. The molecule has 0 aliphatic heterocycles. The number of rotatable bonds is 6. The van der Waals surface area contributed by atoms with Crippen LogP contribution in [0.5, 0.6) is 0 Å². The molecule has 0 aliphatic rings. The van der Waals surface area contributed by atoms with Gasteiger partial charge in [-0.25, -0.2) is 9.59 Å². The van der Waals surface area contributed by atoms with Crippen LogP contribution in [0.3, 0.4) is 0 Å². The molecule has 0 fully saturated rings. The molecule has 0 aromatic rings. The molecule has 0 spiro atoms. The highest BCUT2D eigenvalue weighted by molar-refractivity contribution is 5.95. The fourth-order valence-electron chi connectivity index (χ4n) is 0.734. The smallest absolute Gasteiger partial charge is 0.334 e. The van der Waals surface area contributed by atoms with Crippen molar-refractivity contribution in [3.05, 3.63) is 11.6 Å². The maximum absolute atomic E-state index is 11.1. The molecule has 6 nitrogen and oxygen atoms in total. The van der Waals surface area contributed by atoms with Crippen LogP contribution < -0.4 is 0 Å². The van der Waals surface area contributed by atoms with Gasteiger partial charge < -0.3 is 20.1 Å². The first-order valence-corrected chi connectivity index (χ1v) is 3.94. The molecule has 0 saturated carbocycles. The molecule has 14 heavy (non-hydrogen) atoms. The third-order valence-corrected chi connectivity index (χ3v) is 1.27. The van der Waals surface area contributed by atoms with Crippen LogP contribution in [-0.4, -0.2) is 47.1 Å². The Hall–Kier alpha value is -1.40. The molecule has 0 radical (unpaired) electrons. The third kappa shape index (κ3) is 5.28. The van der Waals surface area contributed by atoms with E-state index in [0.29, 0.717) is 6.08 Å². The van der Waals surface area contributed by atoms with Crippen molar-refractivity contribution in [1.29, 1.82) is 0 Å². The molecular weight excluding hydrogens is 192 g/mol. The minimum atomic E-state index is -1.28. The topological polar surface area (TPSA) is 104 Å². The highest BCUT2D eigenvalue weighted by atomic mass is 16.5. The summed E-state index contributed by atoms with van der Waals surface area (Å²) < 4.78 is 4.48. The number of hydrogen-bond donors (Lipinski definition) is 3. The number of carbonyl (C=O) groups is 2. The summed E-state index contributed by atoms with van der Waals surface area (Å²) in [7, 11) is 0. The zero-order valence-electron chi connectivity index (χ0n) is 7.47. The van der Waals surface area contributed by atoms with E-state index in [2.05, 4.69) is 4.74 Å². The number of carboxylic acids is 1. The van der Waals surface area contributed by atoms with Crippen LogP contribution in [0.15, 0.2) is 11.6 Å². The van der Waals surface area contributed by atoms with Crippen LogP contribution in [0.1, 0.15) is 6.42 Å². The van der Waals surface area contributed by atoms with Gasteiger partial charge in [0.1, 0.15) is 6.61 Å². The standard InChI is InChI=1S/C8H12O6/c9-2-1-6(5-7(11)12)8(13)14-4-3-10/h5,9-10H,1-4H2,(H,11,12). The summed E-state index contributed by atoms with van der Waals surface area (Å²) >= 11 is 0. The van der Waals surface area contributed by atoms with Crippen LogP contribution in [0.2, 0.25) is 0 Å². The molecule has 0 aliphatic carbocycles. The van der Waals surface area contributed by atoms with Crippen molar-refractivity contribution >= 4 is 11.9 Å². The van der Waals surface area contributed by atoms with Crippen LogP contribution in [0.4, 0.5) is 0 Å². The van der Waals surface area contributed by atoms with E-state index in [1.807, 2.05) is 0 Å². The third-order valence-electron chi connectivity index (χ3n) is 1.27. The lowest BCUT2D eigenvalue weighted by Gasteiger charge is -2.04. The zero-order valence-corrected chi connectivity index (χ0v) is 7.47. The summed E-state index contributed by atoms with van der Waals surface area (Å²) in [6.45, 7) is -0.861. The van der Waals surface area contributed by atoms with Crippen molar-refractivity contribution in [1.82, 2.24) is 0 Å². The summed E-state index contributed by atoms with van der Waals surface area (Å²) in [6.07, 6.45) is 0.590. The van der Waals surface area contributed by atoms with Gasteiger partial charge in [0.15, 0.2) is 0 Å². The summed E-state index contributed by atoms with van der Waals surface area (Å²) in [6, 6.07) is 0. The number of carbonyl (C=O) groups excluding carboxylic acids is 1. The molecule has 0 amide bonds. The van der Waals surface area contributed by atoms with Gasteiger partial charge in [-0.15, -0.1) is 0 Å². The highest BCUT2D eigenvalue weighted by Gasteiger charge is 2.11. The molecule has 0 aromatic carbocycles. The lowest BCUT2D eigenvalue weighted by Crippen LogP contribution is -2.13. The average molecular weight is 204 g/mol. The molecule has 80 valence electrons. The molecule has 0 heterocycles. The normalized spacial score (nSPS) is 11.1. The summed E-state index contributed by atoms with van der Waals surface area (Å²) in [5, 5.41) is 25.2. The van der Waals surface area contributed by atoms with Crippen LogP contribution in [0, 0.1) is 0 Å². The fraction of sp³-hybridized carbons (Fsp3) is 0.500. The van der Waals surface area contributed by atoms with Crippen molar-refractivity contribution in [2.45, 2.75) is 6.42 Å². The molecule has 6 heteroatoms. The fourth-order valence-corrected chi connectivity index (χ4v) is 0.734. The Balaban J connectivity index is 4.33. The van der Waals surface area contributed by atoms with E-state index < -0.39 is 11.9 Å². The monoisotopic (exact) mass is 204 g/mol. The second-order valence-electron chi connectivity index (χ2n) is 2.34. The highest BCUT2D eigenvalue weighted by Crippen LogP contribution is 2.03. The van der Waals surface area contributed by atoms with Crippen molar-refractivity contribution < 1.29 is 29.6 Å². The number of esters is 1. The molecule has 0 saturated heterocycles. The predicted octanol–water partition coefficient (Wildman–Crippen LogP) is -1.08. The quantitative estimate of drug-likeness (QED) is 0.375. The number of aliphatic carboxylic acids is 1. The largest absolute Gasteiger partial charge is 0.478 e. The number of ether oxygens (including phenoxy) is 1. The first-order chi connectivity index (χ1) is 6.61. The first kappa shape index (κ1) is 12.6. The van der Waals surface area contributed by atoms with Crippen LogP contribution >= 0.6 is 0 Å². The summed E-state index contributed by atoms with van der Waals surface area (Å²) in [5.41, 5.74) is -0.131. The molecule has 0 atom stereocenters. The maximum atomic E-state index is 11.1. The van der Waals surface area contributed by atoms with Gasteiger partial charge in [-0.2, -0.15) is 0 Å². The second-order valence-corrected chi connectivity index (χ2v) is 2.34. The zero-order chi connectivity index (χ0) is 11.0. The van der Waals surface area contributed by atoms with Gasteiger partial charge in [0.25, 0.3) is 0 Å². The van der Waals surface area contributed by atoms with E-state index in [0.717, 1.165) is 0 Å². The first-order valence-electron chi connectivity index (χ1n) is 3.94. The minimum Gasteiger partial charge on any atom is -0.478 e.